The zero-order valence-electron chi connectivity index (χ0n) is 12.6. The predicted molar refractivity (Wildman–Crippen MR) is 75.2 cm³/mol. The van der Waals surface area contributed by atoms with E-state index in [1.807, 2.05) is 30.6 Å². The molecule has 2 aliphatic rings. The summed E-state index contributed by atoms with van der Waals surface area (Å²) in [6.07, 6.45) is -0.367. The summed E-state index contributed by atoms with van der Waals surface area (Å²) in [6, 6.07) is 0. The number of ether oxygens (including phenoxy) is 1. The van der Waals surface area contributed by atoms with Gasteiger partial charge in [-0.25, -0.2) is 0 Å². The standard InChI is InChI=1S/C14H25N3O3/c1-14(2,3)13(19)17-7-5-16(6-8-17)12(18)11-10-15-4-9-20-11/h11,15H,4-10H2,1-3H3. The molecule has 2 fully saturated rings. The van der Waals surface area contributed by atoms with Crippen LogP contribution in [0.2, 0.25) is 0 Å². The van der Waals surface area contributed by atoms with E-state index in [1.54, 1.807) is 0 Å². The SMILES string of the molecule is CC(C)(C)C(=O)N1CCN(C(=O)C2CNCCO2)CC1. The minimum atomic E-state index is -0.367. The molecule has 1 N–H and O–H groups in total. The van der Waals surface area contributed by atoms with Crippen LogP contribution in [-0.4, -0.2) is 73.6 Å². The van der Waals surface area contributed by atoms with Gasteiger partial charge in [0.1, 0.15) is 6.10 Å². The number of carbonyl (C=O) groups is 2. The summed E-state index contributed by atoms with van der Waals surface area (Å²) in [5.74, 6) is 0.195. The monoisotopic (exact) mass is 283 g/mol. The molecule has 1 atom stereocenters. The number of piperazine rings is 1. The third kappa shape index (κ3) is 3.49. The molecule has 0 spiro atoms. The first kappa shape index (κ1) is 15.3. The molecule has 114 valence electrons. The fourth-order valence-electron chi connectivity index (χ4n) is 2.53. The van der Waals surface area contributed by atoms with Crippen LogP contribution in [0.1, 0.15) is 20.8 Å². The van der Waals surface area contributed by atoms with Crippen LogP contribution in [0.4, 0.5) is 0 Å². The van der Waals surface area contributed by atoms with Crippen molar-refractivity contribution in [3.05, 3.63) is 0 Å². The highest BCUT2D eigenvalue weighted by Gasteiger charge is 2.33. The molecule has 2 saturated heterocycles. The third-order valence-corrected chi connectivity index (χ3v) is 3.72. The van der Waals surface area contributed by atoms with E-state index >= 15 is 0 Å². The normalized spacial score (nSPS) is 24.6. The maximum absolute atomic E-state index is 12.3. The maximum Gasteiger partial charge on any atom is 0.253 e. The Morgan fingerprint density at radius 1 is 1.10 bits per heavy atom. The van der Waals surface area contributed by atoms with Gasteiger partial charge in [0.15, 0.2) is 0 Å². The summed E-state index contributed by atoms with van der Waals surface area (Å²) in [4.78, 5) is 28.1. The molecule has 2 aliphatic heterocycles. The largest absolute Gasteiger partial charge is 0.366 e. The molecule has 6 heteroatoms. The van der Waals surface area contributed by atoms with Gasteiger partial charge in [0, 0.05) is 44.7 Å². The van der Waals surface area contributed by atoms with E-state index in [1.165, 1.54) is 0 Å². The van der Waals surface area contributed by atoms with Gasteiger partial charge in [-0.2, -0.15) is 0 Å². The van der Waals surface area contributed by atoms with Crippen molar-refractivity contribution in [3.63, 3.8) is 0 Å². The maximum atomic E-state index is 12.3. The molecule has 0 aromatic rings. The average molecular weight is 283 g/mol. The summed E-state index contributed by atoms with van der Waals surface area (Å²) in [5, 5.41) is 3.16. The van der Waals surface area contributed by atoms with Crippen molar-refractivity contribution in [1.29, 1.82) is 0 Å². The first-order chi connectivity index (χ1) is 9.39. The van der Waals surface area contributed by atoms with Gasteiger partial charge in [0.05, 0.1) is 6.61 Å². The van der Waals surface area contributed by atoms with Crippen molar-refractivity contribution in [2.45, 2.75) is 26.9 Å². The number of carbonyl (C=O) groups excluding carboxylic acids is 2. The first-order valence-corrected chi connectivity index (χ1v) is 7.30. The van der Waals surface area contributed by atoms with Crippen LogP contribution in [-0.2, 0) is 14.3 Å². The van der Waals surface area contributed by atoms with Crippen LogP contribution in [0, 0.1) is 5.41 Å². The Morgan fingerprint density at radius 2 is 1.70 bits per heavy atom. The van der Waals surface area contributed by atoms with Crippen LogP contribution < -0.4 is 5.32 Å². The summed E-state index contributed by atoms with van der Waals surface area (Å²) in [5.41, 5.74) is -0.359. The zero-order chi connectivity index (χ0) is 14.8. The number of morpholine rings is 1. The molecule has 20 heavy (non-hydrogen) atoms. The fourth-order valence-corrected chi connectivity index (χ4v) is 2.53. The summed E-state index contributed by atoms with van der Waals surface area (Å²) in [7, 11) is 0. The van der Waals surface area contributed by atoms with Crippen LogP contribution in [0.25, 0.3) is 0 Å². The number of amides is 2. The quantitative estimate of drug-likeness (QED) is 0.717. The molecule has 0 radical (unpaired) electrons. The number of rotatable bonds is 1. The molecule has 0 aliphatic carbocycles. The second kappa shape index (κ2) is 6.10. The van der Waals surface area contributed by atoms with E-state index in [-0.39, 0.29) is 23.3 Å². The Labute approximate surface area is 120 Å². The van der Waals surface area contributed by atoms with E-state index in [9.17, 15) is 9.59 Å². The lowest BCUT2D eigenvalue weighted by Gasteiger charge is -2.39. The Balaban J connectivity index is 1.84. The molecule has 0 aromatic carbocycles. The fraction of sp³-hybridized carbons (Fsp3) is 0.857. The smallest absolute Gasteiger partial charge is 0.253 e. The molecule has 1 unspecified atom stereocenters. The van der Waals surface area contributed by atoms with E-state index < -0.39 is 0 Å². The van der Waals surface area contributed by atoms with Gasteiger partial charge in [-0.3, -0.25) is 9.59 Å². The molecule has 0 bridgehead atoms. The van der Waals surface area contributed by atoms with E-state index in [0.717, 1.165) is 6.54 Å². The summed E-state index contributed by atoms with van der Waals surface area (Å²) >= 11 is 0. The minimum absolute atomic E-state index is 0.0417. The molecular weight excluding hydrogens is 258 g/mol. The van der Waals surface area contributed by atoms with E-state index in [0.29, 0.717) is 39.3 Å². The van der Waals surface area contributed by atoms with Crippen LogP contribution >= 0.6 is 0 Å². The molecule has 2 amide bonds. The van der Waals surface area contributed by atoms with Gasteiger partial charge in [0.25, 0.3) is 5.91 Å². The lowest BCUT2D eigenvalue weighted by atomic mass is 9.94. The predicted octanol–water partition coefficient (Wildman–Crippen LogP) is -0.308. The van der Waals surface area contributed by atoms with Crippen LogP contribution in [0.5, 0.6) is 0 Å². The van der Waals surface area contributed by atoms with E-state index in [2.05, 4.69) is 5.32 Å². The topological polar surface area (TPSA) is 61.9 Å². The highest BCUT2D eigenvalue weighted by molar-refractivity contribution is 5.83. The molecular formula is C14H25N3O3. The van der Waals surface area contributed by atoms with Gasteiger partial charge in [0.2, 0.25) is 5.91 Å². The molecule has 6 nitrogen and oxygen atoms in total. The number of nitrogens with zero attached hydrogens (tertiary/aromatic N) is 2. The number of hydrogen-bond donors (Lipinski definition) is 1. The van der Waals surface area contributed by atoms with Gasteiger partial charge >= 0.3 is 0 Å². The molecule has 2 rings (SSSR count). The second-order valence-electron chi connectivity index (χ2n) is 6.43. The average Bonchev–Trinajstić information content (AvgIpc) is 2.46. The van der Waals surface area contributed by atoms with Gasteiger partial charge in [-0.05, 0) is 0 Å². The zero-order valence-corrected chi connectivity index (χ0v) is 12.6. The van der Waals surface area contributed by atoms with Crippen molar-refractivity contribution in [2.75, 3.05) is 45.9 Å². The van der Waals surface area contributed by atoms with Crippen molar-refractivity contribution >= 4 is 11.8 Å². The first-order valence-electron chi connectivity index (χ1n) is 7.30. The highest BCUT2D eigenvalue weighted by atomic mass is 16.5. The third-order valence-electron chi connectivity index (χ3n) is 3.72. The number of nitrogens with one attached hydrogen (secondary N) is 1. The molecule has 2 heterocycles. The lowest BCUT2D eigenvalue weighted by molar-refractivity contribution is -0.151. The Hall–Kier alpha value is -1.14. The summed E-state index contributed by atoms with van der Waals surface area (Å²) < 4.78 is 5.49. The van der Waals surface area contributed by atoms with E-state index in [4.69, 9.17) is 4.74 Å². The molecule has 0 saturated carbocycles. The van der Waals surface area contributed by atoms with Gasteiger partial charge in [-0.15, -0.1) is 0 Å². The highest BCUT2D eigenvalue weighted by Crippen LogP contribution is 2.19. The molecule has 0 aromatic heterocycles. The van der Waals surface area contributed by atoms with Crippen molar-refractivity contribution in [1.82, 2.24) is 15.1 Å². The lowest BCUT2D eigenvalue weighted by Crippen LogP contribution is -2.57. The van der Waals surface area contributed by atoms with Gasteiger partial charge < -0.3 is 19.9 Å². The Morgan fingerprint density at radius 3 is 2.20 bits per heavy atom. The Bertz CT molecular complexity index is 364. The van der Waals surface area contributed by atoms with Crippen LogP contribution in [0.15, 0.2) is 0 Å². The Kier molecular flexibility index (Phi) is 4.65. The summed E-state index contributed by atoms with van der Waals surface area (Å²) in [6.45, 7) is 10.2. The second-order valence-corrected chi connectivity index (χ2v) is 6.43. The number of hydrogen-bond acceptors (Lipinski definition) is 4. The van der Waals surface area contributed by atoms with Gasteiger partial charge in [-0.1, -0.05) is 20.8 Å². The van der Waals surface area contributed by atoms with Crippen LogP contribution in [0.3, 0.4) is 0 Å². The minimum Gasteiger partial charge on any atom is -0.366 e. The van der Waals surface area contributed by atoms with Crippen molar-refractivity contribution in [2.24, 2.45) is 5.41 Å². The van der Waals surface area contributed by atoms with Crippen molar-refractivity contribution < 1.29 is 14.3 Å². The van der Waals surface area contributed by atoms with Crippen molar-refractivity contribution in [3.8, 4) is 0 Å².